The molecule has 3 aromatic carbocycles. The van der Waals surface area contributed by atoms with Crippen LogP contribution >= 0.6 is 0 Å². The summed E-state index contributed by atoms with van der Waals surface area (Å²) in [6.45, 7) is 2.54. The maximum Gasteiger partial charge on any atom is 0.244 e. The number of hydrogen-bond donors (Lipinski definition) is 1. The molecule has 1 N–H and O–H groups in total. The minimum atomic E-state index is -0.308. The molecule has 0 radical (unpaired) electrons. The molecule has 0 aliphatic carbocycles. The molecule has 1 saturated heterocycles. The van der Waals surface area contributed by atoms with Crippen molar-refractivity contribution in [3.05, 3.63) is 108 Å². The lowest BCUT2D eigenvalue weighted by Crippen LogP contribution is -2.40. The van der Waals surface area contributed by atoms with E-state index in [1.165, 1.54) is 18.6 Å². The van der Waals surface area contributed by atoms with Crippen molar-refractivity contribution < 1.29 is 13.9 Å². The second-order valence-electron chi connectivity index (χ2n) is 9.68. The Balaban J connectivity index is 1.34. The fourth-order valence-corrected chi connectivity index (χ4v) is 4.99. The van der Waals surface area contributed by atoms with Crippen LogP contribution in [-0.4, -0.2) is 47.3 Å². The molecule has 1 fully saturated rings. The molecule has 1 unspecified atom stereocenters. The molecular formula is C32H33FN4O2. The van der Waals surface area contributed by atoms with Gasteiger partial charge in [0.1, 0.15) is 11.6 Å². The number of amides is 1. The van der Waals surface area contributed by atoms with Gasteiger partial charge in [0.2, 0.25) is 5.91 Å². The zero-order valence-electron chi connectivity index (χ0n) is 22.1. The standard InChI is InChI=1S/C32H33FN4O2/c1-39-29-17-12-24(13-18-29)30(36-20-6-3-7-21-36)22-34-31(38)19-14-26-23-37(28-8-4-2-5-9-28)35-32(26)25-10-15-27(33)16-11-25/h2,4-5,8-19,23,30H,3,6-7,20-22H2,1H3,(H,34,38)/b19-14+. The summed E-state index contributed by atoms with van der Waals surface area (Å²) >= 11 is 0. The maximum absolute atomic E-state index is 13.6. The average molecular weight is 525 g/mol. The van der Waals surface area contributed by atoms with Crippen molar-refractivity contribution in [1.82, 2.24) is 20.0 Å². The van der Waals surface area contributed by atoms with Gasteiger partial charge in [0.25, 0.3) is 0 Å². The van der Waals surface area contributed by atoms with Gasteiger partial charge in [-0.2, -0.15) is 5.10 Å². The molecular weight excluding hydrogens is 491 g/mol. The van der Waals surface area contributed by atoms with E-state index in [1.807, 2.05) is 48.7 Å². The first kappa shape index (κ1) is 26.4. The Hall–Kier alpha value is -4.23. The van der Waals surface area contributed by atoms with E-state index < -0.39 is 0 Å². The van der Waals surface area contributed by atoms with Crippen molar-refractivity contribution in [3.8, 4) is 22.7 Å². The highest BCUT2D eigenvalue weighted by Gasteiger charge is 2.23. The molecule has 0 saturated carbocycles. The van der Waals surface area contributed by atoms with Gasteiger partial charge in [-0.1, -0.05) is 36.8 Å². The van der Waals surface area contributed by atoms with Gasteiger partial charge in [0.15, 0.2) is 0 Å². The van der Waals surface area contributed by atoms with Crippen LogP contribution < -0.4 is 10.1 Å². The molecule has 1 atom stereocenters. The van der Waals surface area contributed by atoms with Crippen LogP contribution in [0.1, 0.15) is 36.4 Å². The van der Waals surface area contributed by atoms with Gasteiger partial charge in [0, 0.05) is 29.9 Å². The Bertz CT molecular complexity index is 1390. The topological polar surface area (TPSA) is 59.4 Å². The Labute approximate surface area is 228 Å². The molecule has 5 rings (SSSR count). The van der Waals surface area contributed by atoms with Gasteiger partial charge in [-0.25, -0.2) is 9.07 Å². The Kier molecular flexibility index (Phi) is 8.48. The summed E-state index contributed by atoms with van der Waals surface area (Å²) in [6, 6.07) is 24.1. The van der Waals surface area contributed by atoms with E-state index in [1.54, 1.807) is 36.1 Å². The van der Waals surface area contributed by atoms with Crippen LogP contribution in [0, 0.1) is 5.82 Å². The number of nitrogens with one attached hydrogen (secondary N) is 1. The normalized spacial score (nSPS) is 14.8. The van der Waals surface area contributed by atoms with Crippen molar-refractivity contribution in [2.75, 3.05) is 26.7 Å². The Morgan fingerprint density at radius 3 is 2.41 bits per heavy atom. The molecule has 0 bridgehead atoms. The predicted octanol–water partition coefficient (Wildman–Crippen LogP) is 6.04. The number of carbonyl (C=O) groups is 1. The second-order valence-corrected chi connectivity index (χ2v) is 9.68. The largest absolute Gasteiger partial charge is 0.497 e. The van der Waals surface area contributed by atoms with Gasteiger partial charge < -0.3 is 10.1 Å². The van der Waals surface area contributed by atoms with Crippen LogP contribution in [0.5, 0.6) is 5.75 Å². The number of piperidine rings is 1. The highest BCUT2D eigenvalue weighted by molar-refractivity contribution is 5.92. The highest BCUT2D eigenvalue weighted by atomic mass is 19.1. The molecule has 39 heavy (non-hydrogen) atoms. The number of carbonyl (C=O) groups excluding carboxylic acids is 1. The molecule has 1 amide bonds. The minimum absolute atomic E-state index is 0.0872. The zero-order valence-corrected chi connectivity index (χ0v) is 22.1. The van der Waals surface area contributed by atoms with Crippen LogP contribution in [0.2, 0.25) is 0 Å². The summed E-state index contributed by atoms with van der Waals surface area (Å²) < 4.78 is 20.7. The lowest BCUT2D eigenvalue weighted by Gasteiger charge is -2.35. The highest BCUT2D eigenvalue weighted by Crippen LogP contribution is 2.27. The lowest BCUT2D eigenvalue weighted by atomic mass is 10.0. The third kappa shape index (κ3) is 6.62. The molecule has 1 aromatic heterocycles. The fraction of sp³-hybridized carbons (Fsp3) is 0.250. The fourth-order valence-electron chi connectivity index (χ4n) is 4.99. The van der Waals surface area contributed by atoms with Crippen molar-refractivity contribution in [2.24, 2.45) is 0 Å². The zero-order chi connectivity index (χ0) is 27.0. The van der Waals surface area contributed by atoms with Gasteiger partial charge in [-0.05, 0) is 86.1 Å². The number of ether oxygens (including phenoxy) is 1. The number of halogens is 1. The van der Waals surface area contributed by atoms with Crippen molar-refractivity contribution >= 4 is 12.0 Å². The van der Waals surface area contributed by atoms with Crippen molar-refractivity contribution in [2.45, 2.75) is 25.3 Å². The van der Waals surface area contributed by atoms with E-state index in [0.717, 1.165) is 54.1 Å². The number of aromatic nitrogens is 2. The van der Waals surface area contributed by atoms with E-state index in [-0.39, 0.29) is 17.8 Å². The van der Waals surface area contributed by atoms with E-state index >= 15 is 0 Å². The van der Waals surface area contributed by atoms with Gasteiger partial charge in [0.05, 0.1) is 24.5 Å². The van der Waals surface area contributed by atoms with Gasteiger partial charge >= 0.3 is 0 Å². The average Bonchev–Trinajstić information content (AvgIpc) is 3.42. The number of hydrogen-bond acceptors (Lipinski definition) is 4. The Morgan fingerprint density at radius 1 is 1.00 bits per heavy atom. The molecule has 1 aliphatic heterocycles. The number of nitrogens with zero attached hydrogens (tertiary/aromatic N) is 3. The summed E-state index contributed by atoms with van der Waals surface area (Å²) in [4.78, 5) is 15.4. The van der Waals surface area contributed by atoms with E-state index in [4.69, 9.17) is 9.84 Å². The number of para-hydroxylation sites is 1. The van der Waals surface area contributed by atoms with E-state index in [9.17, 15) is 9.18 Å². The second kappa shape index (κ2) is 12.5. The number of methoxy groups -OCH3 is 1. The maximum atomic E-state index is 13.6. The summed E-state index contributed by atoms with van der Waals surface area (Å²) in [6.07, 6.45) is 8.76. The summed E-state index contributed by atoms with van der Waals surface area (Å²) in [7, 11) is 1.66. The third-order valence-electron chi connectivity index (χ3n) is 7.10. The molecule has 2 heterocycles. The van der Waals surface area contributed by atoms with Crippen LogP contribution in [0.3, 0.4) is 0 Å². The first-order chi connectivity index (χ1) is 19.1. The van der Waals surface area contributed by atoms with Crippen LogP contribution in [-0.2, 0) is 4.79 Å². The number of rotatable bonds is 9. The molecule has 7 heteroatoms. The van der Waals surface area contributed by atoms with Gasteiger partial charge in [-0.15, -0.1) is 0 Å². The third-order valence-corrected chi connectivity index (χ3v) is 7.10. The monoisotopic (exact) mass is 524 g/mol. The smallest absolute Gasteiger partial charge is 0.244 e. The lowest BCUT2D eigenvalue weighted by molar-refractivity contribution is -0.116. The molecule has 0 spiro atoms. The summed E-state index contributed by atoms with van der Waals surface area (Å²) in [5, 5.41) is 7.85. The first-order valence-corrected chi connectivity index (χ1v) is 13.4. The van der Waals surface area contributed by atoms with Crippen LogP contribution in [0.15, 0.2) is 91.1 Å². The minimum Gasteiger partial charge on any atom is -0.497 e. The molecule has 4 aromatic rings. The molecule has 6 nitrogen and oxygen atoms in total. The summed E-state index contributed by atoms with van der Waals surface area (Å²) in [5.74, 6) is 0.331. The van der Waals surface area contributed by atoms with Crippen molar-refractivity contribution in [3.63, 3.8) is 0 Å². The van der Waals surface area contributed by atoms with E-state index in [0.29, 0.717) is 12.2 Å². The van der Waals surface area contributed by atoms with Crippen LogP contribution in [0.25, 0.3) is 23.0 Å². The number of likely N-dealkylation sites (tertiary alicyclic amines) is 1. The SMILES string of the molecule is COc1ccc(C(CNC(=O)/C=C/c2cn(-c3ccccc3)nc2-c2ccc(F)cc2)N2CCCCC2)cc1. The summed E-state index contributed by atoms with van der Waals surface area (Å²) in [5.41, 5.74) is 4.27. The van der Waals surface area contributed by atoms with Crippen LogP contribution in [0.4, 0.5) is 4.39 Å². The first-order valence-electron chi connectivity index (χ1n) is 13.4. The quantitative estimate of drug-likeness (QED) is 0.271. The van der Waals surface area contributed by atoms with Crippen molar-refractivity contribution in [1.29, 1.82) is 0 Å². The van der Waals surface area contributed by atoms with E-state index in [2.05, 4.69) is 22.3 Å². The molecule has 200 valence electrons. The van der Waals surface area contributed by atoms with Gasteiger partial charge in [-0.3, -0.25) is 9.69 Å². The predicted molar refractivity (Wildman–Crippen MR) is 152 cm³/mol. The molecule has 1 aliphatic rings. The number of benzene rings is 3. The Morgan fingerprint density at radius 2 is 1.72 bits per heavy atom.